The maximum Gasteiger partial charge on any atom is 0.313 e. The first-order valence-corrected chi connectivity index (χ1v) is 11.4. The predicted octanol–water partition coefficient (Wildman–Crippen LogP) is 3.52. The van der Waals surface area contributed by atoms with Crippen LogP contribution in [0.2, 0.25) is 0 Å². The molecule has 0 heterocycles. The number of carboxylic acids is 1. The fraction of sp³-hybridized carbons (Fsp3) is 0.850. The zero-order valence-electron chi connectivity index (χ0n) is 15.3. The molecular formula is C20H31ClO4S. The number of aliphatic hydroxyl groups excluding tert-OH is 2. The van der Waals surface area contributed by atoms with Crippen LogP contribution in [0.15, 0.2) is 0 Å². The summed E-state index contributed by atoms with van der Waals surface area (Å²) in [6, 6.07) is 0. The summed E-state index contributed by atoms with van der Waals surface area (Å²) in [5.74, 6) is 6.62. The molecule has 2 saturated carbocycles. The quantitative estimate of drug-likeness (QED) is 0.329. The van der Waals surface area contributed by atoms with Crippen LogP contribution in [0, 0.1) is 29.6 Å². The van der Waals surface area contributed by atoms with Gasteiger partial charge in [0.05, 0.1) is 17.8 Å². The summed E-state index contributed by atoms with van der Waals surface area (Å²) in [6.07, 6.45) is 7.89. The van der Waals surface area contributed by atoms with Gasteiger partial charge in [-0.2, -0.15) is 11.8 Å². The molecule has 0 aromatic rings. The predicted molar refractivity (Wildman–Crippen MR) is 106 cm³/mol. The summed E-state index contributed by atoms with van der Waals surface area (Å²) in [5.41, 5.74) is 0. The summed E-state index contributed by atoms with van der Waals surface area (Å²) in [6.45, 7) is 0. The van der Waals surface area contributed by atoms with Gasteiger partial charge in [0.25, 0.3) is 0 Å². The van der Waals surface area contributed by atoms with Crippen LogP contribution in [0.4, 0.5) is 0 Å². The topological polar surface area (TPSA) is 77.8 Å². The van der Waals surface area contributed by atoms with Crippen LogP contribution in [0.3, 0.4) is 0 Å². The van der Waals surface area contributed by atoms with E-state index < -0.39 is 18.2 Å². The minimum atomic E-state index is -0.776. The van der Waals surface area contributed by atoms with Crippen molar-refractivity contribution in [2.24, 2.45) is 17.8 Å². The second kappa shape index (κ2) is 11.4. The summed E-state index contributed by atoms with van der Waals surface area (Å²) in [4.78, 5) is 10.5. The second-order valence-corrected chi connectivity index (χ2v) is 9.25. The molecule has 3 N–H and O–H groups in total. The number of alkyl halides is 1. The average molecular weight is 403 g/mol. The van der Waals surface area contributed by atoms with E-state index in [2.05, 4.69) is 11.8 Å². The largest absolute Gasteiger partial charge is 0.481 e. The van der Waals surface area contributed by atoms with Crippen LogP contribution in [0.5, 0.6) is 0 Å². The molecule has 0 saturated heterocycles. The van der Waals surface area contributed by atoms with Gasteiger partial charge in [0, 0.05) is 5.38 Å². The normalized spacial score (nSPS) is 30.6. The van der Waals surface area contributed by atoms with Gasteiger partial charge in [-0.1, -0.05) is 37.5 Å². The number of carboxylic acid groups (broad SMARTS) is 1. The highest BCUT2D eigenvalue weighted by molar-refractivity contribution is 7.99. The van der Waals surface area contributed by atoms with Crippen molar-refractivity contribution in [1.82, 2.24) is 0 Å². The van der Waals surface area contributed by atoms with Crippen molar-refractivity contribution in [1.29, 1.82) is 0 Å². The van der Waals surface area contributed by atoms with Crippen LogP contribution in [-0.2, 0) is 4.79 Å². The molecule has 5 atom stereocenters. The minimum Gasteiger partial charge on any atom is -0.481 e. The van der Waals surface area contributed by atoms with Gasteiger partial charge in [-0.3, -0.25) is 4.79 Å². The lowest BCUT2D eigenvalue weighted by molar-refractivity contribution is -0.133. The third-order valence-corrected chi connectivity index (χ3v) is 7.13. The van der Waals surface area contributed by atoms with E-state index in [1.807, 2.05) is 0 Å². The molecule has 148 valence electrons. The van der Waals surface area contributed by atoms with Gasteiger partial charge >= 0.3 is 5.97 Å². The van der Waals surface area contributed by atoms with Crippen LogP contribution < -0.4 is 0 Å². The fourth-order valence-electron chi connectivity index (χ4n) is 4.12. The first kappa shape index (κ1) is 21.9. The van der Waals surface area contributed by atoms with E-state index in [0.717, 1.165) is 37.9 Å². The number of carbonyl (C=O) groups is 1. The number of unbranched alkanes of at least 4 members (excludes halogenated alkanes) is 1. The Balaban J connectivity index is 1.81. The molecular weight excluding hydrogens is 372 g/mol. The Bertz CT molecular complexity index is 498. The molecule has 26 heavy (non-hydrogen) atoms. The molecule has 2 aliphatic carbocycles. The van der Waals surface area contributed by atoms with Gasteiger partial charge in [0.15, 0.2) is 0 Å². The van der Waals surface area contributed by atoms with Crippen LogP contribution in [0.1, 0.15) is 57.8 Å². The Labute approximate surface area is 166 Å². The number of hydrogen-bond donors (Lipinski definition) is 3. The maximum absolute atomic E-state index is 10.5. The van der Waals surface area contributed by atoms with Gasteiger partial charge in [-0.15, -0.1) is 11.6 Å². The van der Waals surface area contributed by atoms with E-state index in [0.29, 0.717) is 6.42 Å². The van der Waals surface area contributed by atoms with Crippen molar-refractivity contribution in [2.45, 2.75) is 75.4 Å². The number of rotatable bonds is 8. The zero-order chi connectivity index (χ0) is 18.9. The molecule has 0 spiro atoms. The highest BCUT2D eigenvalue weighted by atomic mass is 35.5. The molecule has 6 heteroatoms. The van der Waals surface area contributed by atoms with Crippen LogP contribution >= 0.6 is 23.4 Å². The molecule has 0 aromatic heterocycles. The molecule has 0 aliphatic heterocycles. The summed E-state index contributed by atoms with van der Waals surface area (Å²) in [7, 11) is 0. The van der Waals surface area contributed by atoms with E-state index in [1.165, 1.54) is 31.0 Å². The maximum atomic E-state index is 10.5. The summed E-state index contributed by atoms with van der Waals surface area (Å²) >= 11 is 7.87. The van der Waals surface area contributed by atoms with Crippen molar-refractivity contribution in [3.8, 4) is 11.8 Å². The zero-order valence-corrected chi connectivity index (χ0v) is 16.9. The Kier molecular flexibility index (Phi) is 9.63. The number of thioether (sulfide) groups is 1. The lowest BCUT2D eigenvalue weighted by Crippen LogP contribution is -2.23. The Morgan fingerprint density at radius 2 is 1.96 bits per heavy atom. The highest BCUT2D eigenvalue weighted by Crippen LogP contribution is 2.39. The molecule has 0 amide bonds. The Hall–Kier alpha value is -0.410. The van der Waals surface area contributed by atoms with Crippen molar-refractivity contribution < 1.29 is 20.1 Å². The minimum absolute atomic E-state index is 0.0807. The SMILES string of the molecule is O=C(O)CSCCCCC1[C@H](Cl)C[C@@H](O)[C@@H]1C#C[C@H](O)C1CCCCC1. The van der Waals surface area contributed by atoms with Crippen LogP contribution in [-0.4, -0.2) is 50.4 Å². The van der Waals surface area contributed by atoms with Crippen LogP contribution in [0.25, 0.3) is 0 Å². The Morgan fingerprint density at radius 3 is 2.65 bits per heavy atom. The molecule has 2 rings (SSSR count). The smallest absolute Gasteiger partial charge is 0.313 e. The third-order valence-electron chi connectivity index (χ3n) is 5.60. The second-order valence-electron chi connectivity index (χ2n) is 7.58. The molecule has 2 aliphatic rings. The van der Waals surface area contributed by atoms with Gasteiger partial charge in [0.1, 0.15) is 6.10 Å². The number of hydrogen-bond acceptors (Lipinski definition) is 4. The van der Waals surface area contributed by atoms with E-state index in [-0.39, 0.29) is 28.9 Å². The molecule has 0 bridgehead atoms. The van der Waals surface area contributed by atoms with Gasteiger partial charge < -0.3 is 15.3 Å². The number of aliphatic hydroxyl groups is 2. The average Bonchev–Trinajstić information content (AvgIpc) is 2.89. The highest BCUT2D eigenvalue weighted by Gasteiger charge is 2.40. The van der Waals surface area contributed by atoms with Crippen molar-refractivity contribution in [3.63, 3.8) is 0 Å². The third kappa shape index (κ3) is 6.96. The molecule has 1 unspecified atom stereocenters. The lowest BCUT2D eigenvalue weighted by Gasteiger charge is -2.24. The molecule has 2 fully saturated rings. The number of halogens is 1. The fourth-order valence-corrected chi connectivity index (χ4v) is 5.31. The standard InChI is InChI=1S/C20H31ClO4S/c21-17-12-19(23)16(9-10-18(22)14-6-2-1-3-7-14)15(17)8-4-5-11-26-13-20(24)25/h14-19,22-23H,1-8,11-13H2,(H,24,25)/t15?,16-,17-,18+,19-/m1/s1. The molecule has 4 nitrogen and oxygen atoms in total. The van der Waals surface area contributed by atoms with Crippen molar-refractivity contribution >= 4 is 29.3 Å². The van der Waals surface area contributed by atoms with Crippen molar-refractivity contribution in [3.05, 3.63) is 0 Å². The van der Waals surface area contributed by atoms with E-state index in [1.54, 1.807) is 0 Å². The molecule has 0 aromatic carbocycles. The van der Waals surface area contributed by atoms with Gasteiger partial charge in [-0.25, -0.2) is 0 Å². The van der Waals surface area contributed by atoms with Gasteiger partial charge in [0.2, 0.25) is 0 Å². The first-order valence-electron chi connectivity index (χ1n) is 9.80. The first-order chi connectivity index (χ1) is 12.5. The number of aliphatic carboxylic acids is 1. The Morgan fingerprint density at radius 1 is 1.23 bits per heavy atom. The lowest BCUT2D eigenvalue weighted by atomic mass is 9.84. The molecule has 0 radical (unpaired) electrons. The monoisotopic (exact) mass is 402 g/mol. The van der Waals surface area contributed by atoms with Gasteiger partial charge in [-0.05, 0) is 49.7 Å². The van der Waals surface area contributed by atoms with Crippen molar-refractivity contribution in [2.75, 3.05) is 11.5 Å². The van der Waals surface area contributed by atoms with E-state index >= 15 is 0 Å². The summed E-state index contributed by atoms with van der Waals surface area (Å²) < 4.78 is 0. The summed E-state index contributed by atoms with van der Waals surface area (Å²) in [5, 5.41) is 29.2. The van der Waals surface area contributed by atoms with E-state index in [9.17, 15) is 15.0 Å². The van der Waals surface area contributed by atoms with E-state index in [4.69, 9.17) is 16.7 Å².